The summed E-state index contributed by atoms with van der Waals surface area (Å²) < 4.78 is 6.60. The van der Waals surface area contributed by atoms with Crippen molar-refractivity contribution in [3.05, 3.63) is 45.1 Å². The predicted molar refractivity (Wildman–Crippen MR) is 107 cm³/mol. The summed E-state index contributed by atoms with van der Waals surface area (Å²) in [6.07, 6.45) is 0. The normalized spacial score (nSPS) is 10.9. The number of methoxy groups -OCH3 is 1. The number of hydrogen-bond donors (Lipinski definition) is 1. The predicted octanol–water partition coefficient (Wildman–Crippen LogP) is 3.35. The van der Waals surface area contributed by atoms with Gasteiger partial charge in [0.15, 0.2) is 5.16 Å². The Morgan fingerprint density at radius 1 is 1.31 bits per heavy atom. The number of carbonyl (C=O) groups excluding carboxylic acids is 1. The van der Waals surface area contributed by atoms with Gasteiger partial charge in [0.2, 0.25) is 5.91 Å². The number of anilines is 1. The SMILES string of the molecule is COc1ccc(NC(=O)CSc2nc3sc(C)c(C)c3c(=O)n2C)cc1. The van der Waals surface area contributed by atoms with Crippen LogP contribution in [-0.2, 0) is 11.8 Å². The highest BCUT2D eigenvalue weighted by molar-refractivity contribution is 7.99. The first-order valence-electron chi connectivity index (χ1n) is 7.94. The van der Waals surface area contributed by atoms with Gasteiger partial charge in [-0.05, 0) is 43.7 Å². The molecule has 0 spiro atoms. The number of thiophene rings is 1. The van der Waals surface area contributed by atoms with Crippen LogP contribution in [-0.4, -0.2) is 28.3 Å². The molecule has 6 nitrogen and oxygen atoms in total. The quantitative estimate of drug-likeness (QED) is 0.535. The maximum atomic E-state index is 12.6. The van der Waals surface area contributed by atoms with Crippen LogP contribution in [0.5, 0.6) is 5.75 Å². The Bertz CT molecular complexity index is 1020. The van der Waals surface area contributed by atoms with Crippen molar-refractivity contribution in [3.8, 4) is 5.75 Å². The number of benzene rings is 1. The molecule has 2 aromatic heterocycles. The molecule has 3 rings (SSSR count). The molecule has 0 aliphatic rings. The van der Waals surface area contributed by atoms with Crippen molar-refractivity contribution in [1.82, 2.24) is 9.55 Å². The molecule has 26 heavy (non-hydrogen) atoms. The van der Waals surface area contributed by atoms with E-state index in [4.69, 9.17) is 4.74 Å². The minimum atomic E-state index is -0.159. The van der Waals surface area contributed by atoms with Crippen molar-refractivity contribution in [2.24, 2.45) is 7.05 Å². The number of nitrogens with zero attached hydrogens (tertiary/aromatic N) is 2. The van der Waals surface area contributed by atoms with Crippen molar-refractivity contribution in [1.29, 1.82) is 0 Å². The lowest BCUT2D eigenvalue weighted by molar-refractivity contribution is -0.113. The zero-order valence-corrected chi connectivity index (χ0v) is 16.6. The Balaban J connectivity index is 1.73. The van der Waals surface area contributed by atoms with Crippen molar-refractivity contribution in [2.75, 3.05) is 18.2 Å². The van der Waals surface area contributed by atoms with Gasteiger partial charge in [-0.25, -0.2) is 4.98 Å². The van der Waals surface area contributed by atoms with Gasteiger partial charge < -0.3 is 10.1 Å². The summed E-state index contributed by atoms with van der Waals surface area (Å²) in [5, 5.41) is 4.02. The summed E-state index contributed by atoms with van der Waals surface area (Å²) in [6, 6.07) is 7.12. The second-order valence-corrected chi connectivity index (χ2v) is 7.93. The van der Waals surface area contributed by atoms with Crippen LogP contribution in [0.15, 0.2) is 34.2 Å². The Labute approximate surface area is 159 Å². The molecule has 0 fully saturated rings. The molecule has 0 aliphatic heterocycles. The second-order valence-electron chi connectivity index (χ2n) is 5.79. The van der Waals surface area contributed by atoms with E-state index in [1.54, 1.807) is 38.4 Å². The van der Waals surface area contributed by atoms with Gasteiger partial charge in [0, 0.05) is 17.6 Å². The molecule has 0 radical (unpaired) electrons. The molecule has 3 aromatic rings. The van der Waals surface area contributed by atoms with Crippen molar-refractivity contribution < 1.29 is 9.53 Å². The molecule has 0 bridgehead atoms. The maximum absolute atomic E-state index is 12.6. The van der Waals surface area contributed by atoms with Gasteiger partial charge in [-0.3, -0.25) is 14.2 Å². The van der Waals surface area contributed by atoms with Gasteiger partial charge in [0.1, 0.15) is 10.6 Å². The van der Waals surface area contributed by atoms with E-state index in [0.29, 0.717) is 16.2 Å². The first kappa shape index (κ1) is 18.5. The van der Waals surface area contributed by atoms with Crippen LogP contribution in [0.4, 0.5) is 5.69 Å². The summed E-state index contributed by atoms with van der Waals surface area (Å²) >= 11 is 2.75. The van der Waals surface area contributed by atoms with E-state index in [1.165, 1.54) is 27.7 Å². The fraction of sp³-hybridized carbons (Fsp3) is 0.278. The van der Waals surface area contributed by atoms with Crippen LogP contribution in [0.2, 0.25) is 0 Å². The van der Waals surface area contributed by atoms with Crippen LogP contribution in [0.25, 0.3) is 10.2 Å². The Hall–Kier alpha value is -2.32. The van der Waals surface area contributed by atoms with Crippen molar-refractivity contribution >= 4 is 44.9 Å². The molecule has 1 aromatic carbocycles. The third-order valence-corrected chi connectivity index (χ3v) is 6.21. The minimum Gasteiger partial charge on any atom is -0.497 e. The average Bonchev–Trinajstić information content (AvgIpc) is 2.91. The average molecular weight is 390 g/mol. The number of thioether (sulfide) groups is 1. The molecule has 0 saturated carbocycles. The fourth-order valence-corrected chi connectivity index (χ4v) is 4.33. The van der Waals surface area contributed by atoms with Gasteiger partial charge in [-0.15, -0.1) is 11.3 Å². The number of ether oxygens (including phenoxy) is 1. The minimum absolute atomic E-state index is 0.0742. The molecule has 8 heteroatoms. The van der Waals surface area contributed by atoms with Gasteiger partial charge in [-0.1, -0.05) is 11.8 Å². The molecule has 0 unspecified atom stereocenters. The van der Waals surface area contributed by atoms with Gasteiger partial charge in [-0.2, -0.15) is 0 Å². The number of carbonyl (C=O) groups is 1. The number of aromatic nitrogens is 2. The third kappa shape index (κ3) is 3.61. The van der Waals surface area contributed by atoms with E-state index in [0.717, 1.165) is 21.0 Å². The molecule has 136 valence electrons. The molecule has 1 N–H and O–H groups in total. The Morgan fingerprint density at radius 3 is 2.65 bits per heavy atom. The van der Waals surface area contributed by atoms with E-state index in [-0.39, 0.29) is 17.2 Å². The molecule has 1 amide bonds. The van der Waals surface area contributed by atoms with Crippen LogP contribution in [0.3, 0.4) is 0 Å². The Kier molecular flexibility index (Phi) is 5.33. The van der Waals surface area contributed by atoms with Gasteiger partial charge in [0.25, 0.3) is 5.56 Å². The summed E-state index contributed by atoms with van der Waals surface area (Å²) in [5.41, 5.74) is 1.60. The number of aryl methyl sites for hydroxylation is 2. The van der Waals surface area contributed by atoms with Crippen molar-refractivity contribution in [3.63, 3.8) is 0 Å². The summed E-state index contributed by atoms with van der Waals surface area (Å²) in [5.74, 6) is 0.737. The molecule has 0 aliphatic carbocycles. The summed E-state index contributed by atoms with van der Waals surface area (Å²) in [6.45, 7) is 3.92. The van der Waals surface area contributed by atoms with Crippen LogP contribution in [0.1, 0.15) is 10.4 Å². The number of fused-ring (bicyclic) bond motifs is 1. The molecule has 2 heterocycles. The van der Waals surface area contributed by atoms with Crippen LogP contribution in [0, 0.1) is 13.8 Å². The number of nitrogens with one attached hydrogen (secondary N) is 1. The summed E-state index contributed by atoms with van der Waals surface area (Å²) in [4.78, 5) is 31.1. The van der Waals surface area contributed by atoms with Gasteiger partial charge >= 0.3 is 0 Å². The molecule has 0 saturated heterocycles. The lowest BCUT2D eigenvalue weighted by Gasteiger charge is -2.08. The first-order valence-corrected chi connectivity index (χ1v) is 9.74. The number of rotatable bonds is 5. The first-order chi connectivity index (χ1) is 12.4. The largest absolute Gasteiger partial charge is 0.497 e. The highest BCUT2D eigenvalue weighted by Crippen LogP contribution is 2.28. The summed E-state index contributed by atoms with van der Waals surface area (Å²) in [7, 11) is 3.28. The topological polar surface area (TPSA) is 73.2 Å². The van der Waals surface area contributed by atoms with Crippen LogP contribution < -0.4 is 15.6 Å². The van der Waals surface area contributed by atoms with E-state index < -0.39 is 0 Å². The lowest BCUT2D eigenvalue weighted by Crippen LogP contribution is -2.21. The fourth-order valence-electron chi connectivity index (χ4n) is 2.49. The van der Waals surface area contributed by atoms with Crippen LogP contribution >= 0.6 is 23.1 Å². The number of hydrogen-bond acceptors (Lipinski definition) is 6. The van der Waals surface area contributed by atoms with E-state index in [9.17, 15) is 9.59 Å². The van der Waals surface area contributed by atoms with Gasteiger partial charge in [0.05, 0.1) is 18.2 Å². The highest BCUT2D eigenvalue weighted by Gasteiger charge is 2.15. The monoisotopic (exact) mass is 389 g/mol. The zero-order chi connectivity index (χ0) is 18.8. The maximum Gasteiger partial charge on any atom is 0.262 e. The second kappa shape index (κ2) is 7.51. The zero-order valence-electron chi connectivity index (χ0n) is 15.0. The molecular weight excluding hydrogens is 370 g/mol. The standard InChI is InChI=1S/C18H19N3O3S2/c1-10-11(2)26-16-15(10)17(23)21(3)18(20-16)25-9-14(22)19-12-5-7-13(24-4)8-6-12/h5-8H,9H2,1-4H3,(H,19,22). The lowest BCUT2D eigenvalue weighted by atomic mass is 10.2. The Morgan fingerprint density at radius 2 is 2.00 bits per heavy atom. The van der Waals surface area contributed by atoms with E-state index in [1.807, 2.05) is 13.8 Å². The molecule has 0 atom stereocenters. The number of amides is 1. The molecular formula is C18H19N3O3S2. The third-order valence-electron chi connectivity index (χ3n) is 4.08. The van der Waals surface area contributed by atoms with E-state index >= 15 is 0 Å². The van der Waals surface area contributed by atoms with Crippen molar-refractivity contribution in [2.45, 2.75) is 19.0 Å². The van der Waals surface area contributed by atoms with E-state index in [2.05, 4.69) is 10.3 Å². The highest BCUT2D eigenvalue weighted by atomic mass is 32.2. The smallest absolute Gasteiger partial charge is 0.262 e.